The average molecular weight is 790 g/mol. The van der Waals surface area contributed by atoms with Crippen molar-refractivity contribution < 1.29 is 28.7 Å². The molecule has 0 saturated carbocycles. The predicted molar refractivity (Wildman–Crippen MR) is 221 cm³/mol. The van der Waals surface area contributed by atoms with Crippen LogP contribution in [0.2, 0.25) is 0 Å². The maximum Gasteiger partial charge on any atom is 0.306 e. The SMILES string of the molecule is COC(=O)C[C@H](C(=O)N1C[C@@H](C)C[C@H]1c1ncc(-c2ccc3nc(-c4ccc5nc([C@@H]6C[C@H](C)CN6C(=O)[C@@H](CC(=O)OC)C(C)C)[nH]c5c4)ccc3c2)[nH]1)C(C)C. The van der Waals surface area contributed by atoms with Crippen molar-refractivity contribution in [3.63, 3.8) is 0 Å². The van der Waals surface area contributed by atoms with Crippen molar-refractivity contribution in [1.29, 1.82) is 0 Å². The van der Waals surface area contributed by atoms with Crippen molar-refractivity contribution >= 4 is 45.7 Å². The van der Waals surface area contributed by atoms with Crippen molar-refractivity contribution in [2.24, 2.45) is 35.5 Å². The van der Waals surface area contributed by atoms with E-state index < -0.39 is 11.8 Å². The molecule has 3 aromatic heterocycles. The molecule has 6 atom stereocenters. The fourth-order valence-electron chi connectivity index (χ4n) is 8.72. The quantitative estimate of drug-likeness (QED) is 0.121. The second-order valence-electron chi connectivity index (χ2n) is 17.1. The van der Waals surface area contributed by atoms with Gasteiger partial charge in [0.25, 0.3) is 0 Å². The third kappa shape index (κ3) is 8.21. The Morgan fingerprint density at radius 2 is 1.28 bits per heavy atom. The fraction of sp³-hybridized carbons (Fsp3) is 0.489. The predicted octanol–water partition coefficient (Wildman–Crippen LogP) is 7.66. The molecule has 7 rings (SSSR count). The zero-order valence-electron chi connectivity index (χ0n) is 34.7. The summed E-state index contributed by atoms with van der Waals surface area (Å²) in [4.78, 5) is 77.5. The first-order valence-corrected chi connectivity index (χ1v) is 20.4. The molecule has 0 radical (unpaired) electrons. The van der Waals surface area contributed by atoms with Crippen LogP contribution in [0.25, 0.3) is 44.5 Å². The van der Waals surface area contributed by atoms with E-state index in [0.717, 1.165) is 68.9 Å². The number of carbonyl (C=O) groups is 4. The van der Waals surface area contributed by atoms with Gasteiger partial charge >= 0.3 is 11.9 Å². The Labute approximate surface area is 339 Å². The number of aromatic nitrogens is 5. The molecular weight excluding hydrogens is 735 g/mol. The molecular formula is C45H55N7O6. The number of fused-ring (bicyclic) bond motifs is 2. The number of aromatic amines is 2. The lowest BCUT2D eigenvalue weighted by atomic mass is 9.90. The minimum atomic E-state index is -0.462. The molecule has 0 aliphatic carbocycles. The number of carbonyl (C=O) groups excluding carboxylic acids is 4. The van der Waals surface area contributed by atoms with E-state index >= 15 is 0 Å². The van der Waals surface area contributed by atoms with Crippen LogP contribution < -0.4 is 0 Å². The Hall–Kier alpha value is -5.59. The van der Waals surface area contributed by atoms with Gasteiger partial charge in [-0.25, -0.2) is 15.0 Å². The minimum absolute atomic E-state index is 0.0105. The van der Waals surface area contributed by atoms with Crippen LogP contribution in [0, 0.1) is 35.5 Å². The van der Waals surface area contributed by atoms with E-state index in [0.29, 0.717) is 24.9 Å². The van der Waals surface area contributed by atoms with Crippen LogP contribution in [0.15, 0.2) is 54.7 Å². The molecule has 5 heterocycles. The number of H-pyrrole nitrogens is 2. The van der Waals surface area contributed by atoms with E-state index in [2.05, 4.69) is 42.0 Å². The smallest absolute Gasteiger partial charge is 0.306 e. The topological polar surface area (TPSA) is 163 Å². The number of hydrogen-bond donors (Lipinski definition) is 2. The number of rotatable bonds is 12. The van der Waals surface area contributed by atoms with Crippen LogP contribution in [-0.2, 0) is 28.7 Å². The Morgan fingerprint density at radius 1 is 0.707 bits per heavy atom. The van der Waals surface area contributed by atoms with Crippen molar-refractivity contribution in [3.8, 4) is 22.5 Å². The average Bonchev–Trinajstić information content (AvgIpc) is 4.03. The zero-order valence-corrected chi connectivity index (χ0v) is 34.7. The van der Waals surface area contributed by atoms with Gasteiger partial charge in [-0.2, -0.15) is 0 Å². The fourth-order valence-corrected chi connectivity index (χ4v) is 8.72. The highest BCUT2D eigenvalue weighted by Crippen LogP contribution is 2.39. The van der Waals surface area contributed by atoms with Gasteiger partial charge in [-0.1, -0.05) is 59.7 Å². The lowest BCUT2D eigenvalue weighted by Crippen LogP contribution is -2.39. The van der Waals surface area contributed by atoms with E-state index in [1.165, 1.54) is 14.2 Å². The van der Waals surface area contributed by atoms with Gasteiger partial charge in [0.1, 0.15) is 11.6 Å². The Balaban J connectivity index is 1.09. The maximum atomic E-state index is 13.8. The molecule has 2 aromatic carbocycles. The lowest BCUT2D eigenvalue weighted by Gasteiger charge is -2.29. The summed E-state index contributed by atoms with van der Waals surface area (Å²) in [5.74, 6) is 0.284. The molecule has 306 valence electrons. The first-order chi connectivity index (χ1) is 27.7. The summed E-state index contributed by atoms with van der Waals surface area (Å²) in [5.41, 5.74) is 6.09. The number of amides is 2. The number of esters is 2. The first kappa shape index (κ1) is 40.6. The molecule has 2 saturated heterocycles. The molecule has 5 aromatic rings. The molecule has 2 aliphatic rings. The number of imidazole rings is 2. The van der Waals surface area contributed by atoms with Crippen LogP contribution >= 0.6 is 0 Å². The largest absolute Gasteiger partial charge is 0.469 e. The van der Waals surface area contributed by atoms with E-state index in [9.17, 15) is 19.2 Å². The summed E-state index contributed by atoms with van der Waals surface area (Å²) in [6, 6.07) is 15.8. The molecule has 0 bridgehead atoms. The molecule has 0 spiro atoms. The Bertz CT molecular complexity index is 2330. The molecule has 0 unspecified atom stereocenters. The number of benzene rings is 2. The molecule has 13 heteroatoms. The summed E-state index contributed by atoms with van der Waals surface area (Å²) < 4.78 is 9.80. The van der Waals surface area contributed by atoms with Gasteiger partial charge in [-0.3, -0.25) is 19.2 Å². The second kappa shape index (κ2) is 16.7. The van der Waals surface area contributed by atoms with E-state index in [-0.39, 0.29) is 60.5 Å². The van der Waals surface area contributed by atoms with Gasteiger partial charge < -0.3 is 29.2 Å². The van der Waals surface area contributed by atoms with Crippen LogP contribution in [0.1, 0.15) is 91.0 Å². The van der Waals surface area contributed by atoms with Crippen LogP contribution in [0.5, 0.6) is 0 Å². The third-order valence-corrected chi connectivity index (χ3v) is 12.1. The second-order valence-corrected chi connectivity index (χ2v) is 17.1. The summed E-state index contributed by atoms with van der Waals surface area (Å²) in [6.45, 7) is 13.4. The number of likely N-dealkylation sites (tertiary alicyclic amines) is 2. The highest BCUT2D eigenvalue weighted by molar-refractivity contribution is 5.88. The van der Waals surface area contributed by atoms with Crippen molar-refractivity contribution in [3.05, 3.63) is 66.4 Å². The van der Waals surface area contributed by atoms with Gasteiger partial charge in [0.15, 0.2) is 0 Å². The van der Waals surface area contributed by atoms with Gasteiger partial charge in [0, 0.05) is 29.6 Å². The first-order valence-electron chi connectivity index (χ1n) is 20.4. The highest BCUT2D eigenvalue weighted by Gasteiger charge is 2.41. The van der Waals surface area contributed by atoms with Crippen LogP contribution in [0.4, 0.5) is 0 Å². The number of methoxy groups -OCH3 is 2. The summed E-state index contributed by atoms with van der Waals surface area (Å²) in [6.07, 6.45) is 3.50. The van der Waals surface area contributed by atoms with E-state index in [4.69, 9.17) is 24.4 Å². The number of ether oxygens (including phenoxy) is 2. The normalized spacial score (nSPS) is 20.7. The summed E-state index contributed by atoms with van der Waals surface area (Å²) in [7, 11) is 2.71. The van der Waals surface area contributed by atoms with Gasteiger partial charge in [0.05, 0.1) is 85.1 Å². The van der Waals surface area contributed by atoms with Crippen LogP contribution in [-0.4, -0.2) is 85.8 Å². The van der Waals surface area contributed by atoms with Gasteiger partial charge in [-0.05, 0) is 66.8 Å². The molecule has 2 fully saturated rings. The Kier molecular flexibility index (Phi) is 11.7. The zero-order chi connectivity index (χ0) is 41.4. The third-order valence-electron chi connectivity index (χ3n) is 12.1. The molecule has 2 N–H and O–H groups in total. The van der Waals surface area contributed by atoms with Gasteiger partial charge in [-0.15, -0.1) is 0 Å². The summed E-state index contributed by atoms with van der Waals surface area (Å²) >= 11 is 0. The monoisotopic (exact) mass is 789 g/mol. The minimum Gasteiger partial charge on any atom is -0.469 e. The molecule has 2 amide bonds. The highest BCUT2D eigenvalue weighted by atomic mass is 16.5. The van der Waals surface area contributed by atoms with Crippen molar-refractivity contribution in [2.75, 3.05) is 27.3 Å². The number of pyridine rings is 1. The molecule has 58 heavy (non-hydrogen) atoms. The maximum absolute atomic E-state index is 13.8. The standard InChI is InChI=1S/C45H55N7O6/c1-24(2)31(19-40(53)57-7)44(55)51-22-26(5)15-38(51)42-46-21-37(50-42)29-10-13-33-28(17-29)9-12-34(47-33)30-11-14-35-36(18-30)49-43(48-35)39-16-27(6)23-52(39)45(56)32(25(3)4)20-41(54)58-8/h9-14,17-18,21,24-27,31-32,38-39H,15-16,19-20,22-23H2,1-8H3,(H,46,50)(H,48,49)/t26-,27-,31-,32-,38-,39-/m0/s1. The molecule has 2 aliphatic heterocycles. The van der Waals surface area contributed by atoms with Crippen LogP contribution in [0.3, 0.4) is 0 Å². The number of hydrogen-bond acceptors (Lipinski definition) is 9. The van der Waals surface area contributed by atoms with E-state index in [1.54, 1.807) is 0 Å². The number of nitrogens with one attached hydrogen (secondary N) is 2. The van der Waals surface area contributed by atoms with E-state index in [1.807, 2.05) is 74.0 Å². The van der Waals surface area contributed by atoms with Crippen molar-refractivity contribution in [1.82, 2.24) is 34.7 Å². The molecule has 13 nitrogen and oxygen atoms in total. The lowest BCUT2D eigenvalue weighted by molar-refractivity contribution is -0.148. The van der Waals surface area contributed by atoms with Gasteiger partial charge in [0.2, 0.25) is 11.8 Å². The summed E-state index contributed by atoms with van der Waals surface area (Å²) in [5, 5.41) is 0.975. The number of nitrogens with zero attached hydrogens (tertiary/aromatic N) is 5. The van der Waals surface area contributed by atoms with Crippen molar-refractivity contribution in [2.45, 2.75) is 79.3 Å². The Morgan fingerprint density at radius 3 is 1.86 bits per heavy atom.